The van der Waals surface area contributed by atoms with Gasteiger partial charge < -0.3 is 15.2 Å². The molecule has 17 heavy (non-hydrogen) atoms. The second kappa shape index (κ2) is 4.22. The molecule has 1 aromatic heterocycles. The summed E-state index contributed by atoms with van der Waals surface area (Å²) in [6.45, 7) is 4.00. The Bertz CT molecular complexity index is 584. The lowest BCUT2D eigenvalue weighted by Crippen LogP contribution is -2.43. The molecule has 1 aliphatic rings. The van der Waals surface area contributed by atoms with Crippen LogP contribution < -0.4 is 15.6 Å². The number of aromatic amines is 1. The van der Waals surface area contributed by atoms with Crippen LogP contribution in [0.4, 0.5) is 5.69 Å². The molecule has 0 atom stereocenters. The molecular formula is C13H15N3O. The van der Waals surface area contributed by atoms with E-state index in [4.69, 9.17) is 0 Å². The third kappa shape index (κ3) is 1.91. The molecule has 0 unspecified atom stereocenters. The van der Waals surface area contributed by atoms with E-state index in [0.717, 1.165) is 42.8 Å². The summed E-state index contributed by atoms with van der Waals surface area (Å²) in [6, 6.07) is 7.61. The normalized spacial score (nSPS) is 16.4. The molecule has 0 spiro atoms. The number of hydrogen-bond donors (Lipinski definition) is 2. The van der Waals surface area contributed by atoms with Gasteiger partial charge in [-0.1, -0.05) is 0 Å². The van der Waals surface area contributed by atoms with Crippen LogP contribution in [0.2, 0.25) is 0 Å². The van der Waals surface area contributed by atoms with Crippen LogP contribution in [-0.2, 0) is 0 Å². The Balaban J connectivity index is 2.06. The summed E-state index contributed by atoms with van der Waals surface area (Å²) >= 11 is 0. The van der Waals surface area contributed by atoms with Crippen molar-refractivity contribution in [3.63, 3.8) is 0 Å². The second-order valence-electron chi connectivity index (χ2n) is 4.31. The molecule has 0 aliphatic carbocycles. The molecular weight excluding hydrogens is 214 g/mol. The Morgan fingerprint density at radius 3 is 2.76 bits per heavy atom. The average Bonchev–Trinajstić information content (AvgIpc) is 2.40. The molecule has 2 heterocycles. The summed E-state index contributed by atoms with van der Waals surface area (Å²) in [4.78, 5) is 17.2. The zero-order valence-corrected chi connectivity index (χ0v) is 9.57. The van der Waals surface area contributed by atoms with Crippen LogP contribution in [0.3, 0.4) is 0 Å². The largest absolute Gasteiger partial charge is 0.369 e. The van der Waals surface area contributed by atoms with Gasteiger partial charge in [0.1, 0.15) is 0 Å². The highest BCUT2D eigenvalue weighted by atomic mass is 16.1. The lowest BCUT2D eigenvalue weighted by molar-refractivity contribution is 0.589. The minimum atomic E-state index is 0.0794. The number of fused-ring (bicyclic) bond motifs is 1. The Labute approximate surface area is 99.3 Å². The van der Waals surface area contributed by atoms with E-state index >= 15 is 0 Å². The fraction of sp³-hybridized carbons (Fsp3) is 0.308. The molecule has 2 aromatic rings. The van der Waals surface area contributed by atoms with Gasteiger partial charge in [-0.2, -0.15) is 0 Å². The maximum Gasteiger partial charge on any atom is 0.189 e. The molecule has 4 nitrogen and oxygen atoms in total. The quantitative estimate of drug-likeness (QED) is 0.765. The molecule has 0 amide bonds. The maximum absolute atomic E-state index is 11.8. The van der Waals surface area contributed by atoms with Crippen LogP contribution in [0.1, 0.15) is 0 Å². The van der Waals surface area contributed by atoms with Crippen molar-refractivity contribution in [2.24, 2.45) is 0 Å². The third-order valence-corrected chi connectivity index (χ3v) is 3.22. The molecule has 3 rings (SSSR count). The molecule has 1 saturated heterocycles. The fourth-order valence-corrected chi connectivity index (χ4v) is 2.28. The van der Waals surface area contributed by atoms with Crippen LogP contribution in [-0.4, -0.2) is 31.2 Å². The van der Waals surface area contributed by atoms with E-state index < -0.39 is 0 Å². The number of nitrogens with one attached hydrogen (secondary N) is 2. The Morgan fingerprint density at radius 2 is 1.94 bits per heavy atom. The van der Waals surface area contributed by atoms with E-state index in [0.29, 0.717) is 0 Å². The van der Waals surface area contributed by atoms with E-state index in [1.165, 1.54) is 0 Å². The fourth-order valence-electron chi connectivity index (χ4n) is 2.28. The molecule has 0 radical (unpaired) electrons. The van der Waals surface area contributed by atoms with Crippen molar-refractivity contribution in [2.45, 2.75) is 0 Å². The standard InChI is InChI=1S/C13H15N3O/c17-13-3-4-15-12-2-1-10(9-11(12)13)16-7-5-14-6-8-16/h1-4,9,14H,5-8H2,(H,15,17). The van der Waals surface area contributed by atoms with Crippen molar-refractivity contribution in [3.8, 4) is 0 Å². The highest BCUT2D eigenvalue weighted by Gasteiger charge is 2.11. The first-order valence-electron chi connectivity index (χ1n) is 5.92. The third-order valence-electron chi connectivity index (χ3n) is 3.22. The van der Waals surface area contributed by atoms with Crippen LogP contribution in [0.25, 0.3) is 10.9 Å². The van der Waals surface area contributed by atoms with E-state index in [9.17, 15) is 4.79 Å². The van der Waals surface area contributed by atoms with Gasteiger partial charge in [-0.3, -0.25) is 4.79 Å². The predicted octanol–water partition coefficient (Wildman–Crippen LogP) is 0.938. The smallest absolute Gasteiger partial charge is 0.189 e. The topological polar surface area (TPSA) is 48.1 Å². The van der Waals surface area contributed by atoms with Gasteiger partial charge in [0.2, 0.25) is 0 Å². The number of rotatable bonds is 1. The number of pyridine rings is 1. The number of benzene rings is 1. The second-order valence-corrected chi connectivity index (χ2v) is 4.31. The molecule has 88 valence electrons. The average molecular weight is 229 g/mol. The van der Waals surface area contributed by atoms with Crippen LogP contribution in [0, 0.1) is 0 Å². The van der Waals surface area contributed by atoms with Crippen molar-refractivity contribution in [2.75, 3.05) is 31.1 Å². The lowest BCUT2D eigenvalue weighted by Gasteiger charge is -2.29. The summed E-state index contributed by atoms with van der Waals surface area (Å²) in [5.41, 5.74) is 2.11. The van der Waals surface area contributed by atoms with Crippen LogP contribution in [0.15, 0.2) is 35.3 Å². The molecule has 0 saturated carbocycles. The summed E-state index contributed by atoms with van der Waals surface area (Å²) in [7, 11) is 0. The predicted molar refractivity (Wildman–Crippen MR) is 69.7 cm³/mol. The van der Waals surface area contributed by atoms with Gasteiger partial charge in [0, 0.05) is 55.0 Å². The molecule has 1 aliphatic heterocycles. The minimum Gasteiger partial charge on any atom is -0.369 e. The molecule has 1 aromatic carbocycles. The first-order valence-corrected chi connectivity index (χ1v) is 5.92. The maximum atomic E-state index is 11.8. The zero-order valence-electron chi connectivity index (χ0n) is 9.57. The van der Waals surface area contributed by atoms with Gasteiger partial charge in [-0.15, -0.1) is 0 Å². The van der Waals surface area contributed by atoms with Crippen LogP contribution in [0.5, 0.6) is 0 Å². The van der Waals surface area contributed by atoms with Crippen LogP contribution >= 0.6 is 0 Å². The van der Waals surface area contributed by atoms with E-state index in [-0.39, 0.29) is 5.43 Å². The van der Waals surface area contributed by atoms with Crippen molar-refractivity contribution in [1.29, 1.82) is 0 Å². The van der Waals surface area contributed by atoms with E-state index in [1.54, 1.807) is 12.3 Å². The number of hydrogen-bond acceptors (Lipinski definition) is 3. The van der Waals surface area contributed by atoms with Gasteiger partial charge in [0.25, 0.3) is 0 Å². The van der Waals surface area contributed by atoms with Crippen molar-refractivity contribution in [1.82, 2.24) is 10.3 Å². The van der Waals surface area contributed by atoms with Crippen molar-refractivity contribution >= 4 is 16.6 Å². The van der Waals surface area contributed by atoms with Gasteiger partial charge in [-0.25, -0.2) is 0 Å². The molecule has 1 fully saturated rings. The van der Waals surface area contributed by atoms with Crippen molar-refractivity contribution in [3.05, 3.63) is 40.7 Å². The van der Waals surface area contributed by atoms with Gasteiger partial charge >= 0.3 is 0 Å². The lowest BCUT2D eigenvalue weighted by atomic mass is 10.1. The highest BCUT2D eigenvalue weighted by Crippen LogP contribution is 2.18. The molecule has 4 heteroatoms. The zero-order chi connectivity index (χ0) is 11.7. The van der Waals surface area contributed by atoms with Gasteiger partial charge in [0.05, 0.1) is 0 Å². The van der Waals surface area contributed by atoms with E-state index in [1.807, 2.05) is 12.1 Å². The molecule has 0 bridgehead atoms. The first kappa shape index (κ1) is 10.4. The first-order chi connectivity index (χ1) is 8.34. The summed E-state index contributed by atoms with van der Waals surface area (Å²) < 4.78 is 0. The Kier molecular flexibility index (Phi) is 2.57. The Hall–Kier alpha value is -1.81. The summed E-state index contributed by atoms with van der Waals surface area (Å²) in [5, 5.41) is 4.09. The number of piperazine rings is 1. The van der Waals surface area contributed by atoms with Crippen molar-refractivity contribution < 1.29 is 0 Å². The summed E-state index contributed by atoms with van der Waals surface area (Å²) in [6.07, 6.45) is 1.69. The number of aromatic nitrogens is 1. The SMILES string of the molecule is O=c1cc[nH]c2ccc(N3CCNCC3)cc12. The van der Waals surface area contributed by atoms with Gasteiger partial charge in [-0.05, 0) is 18.2 Å². The summed E-state index contributed by atoms with van der Waals surface area (Å²) in [5.74, 6) is 0. The highest BCUT2D eigenvalue weighted by molar-refractivity contribution is 5.82. The number of anilines is 1. The van der Waals surface area contributed by atoms with E-state index in [2.05, 4.69) is 21.3 Å². The molecule has 2 N–H and O–H groups in total. The number of nitrogens with zero attached hydrogens (tertiary/aromatic N) is 1. The monoisotopic (exact) mass is 229 g/mol. The Morgan fingerprint density at radius 1 is 1.12 bits per heavy atom. The number of H-pyrrole nitrogens is 1. The van der Waals surface area contributed by atoms with Gasteiger partial charge in [0.15, 0.2) is 5.43 Å². The minimum absolute atomic E-state index is 0.0794.